The Morgan fingerprint density at radius 1 is 1.15 bits per heavy atom. The van der Waals surface area contributed by atoms with Crippen LogP contribution in [0.15, 0.2) is 35.1 Å². The zero-order valence-electron chi connectivity index (χ0n) is 19.5. The number of pyridine rings is 1. The first-order valence-electron chi connectivity index (χ1n) is 12.2. The summed E-state index contributed by atoms with van der Waals surface area (Å²) >= 11 is 6.36. The van der Waals surface area contributed by atoms with Crippen LogP contribution >= 0.6 is 11.6 Å². The van der Waals surface area contributed by atoms with Gasteiger partial charge in [0.1, 0.15) is 5.56 Å². The topological polar surface area (TPSA) is 60.3 Å². The number of rotatable bonds is 7. The average Bonchev–Trinajstić information content (AvgIpc) is 2.73. The van der Waals surface area contributed by atoms with Gasteiger partial charge in [-0.2, -0.15) is 0 Å². The van der Waals surface area contributed by atoms with Gasteiger partial charge in [0.05, 0.1) is 12.3 Å². The SMILES string of the molecule is COCc1c(C(=O)NC23CC4CC(CC(C4)C2)C3)c(=O)cc(C)n1CCc1ccccc1Cl. The number of hydrogen-bond acceptors (Lipinski definition) is 3. The minimum atomic E-state index is -0.236. The minimum absolute atomic E-state index is 0.143. The maximum atomic E-state index is 13.6. The summed E-state index contributed by atoms with van der Waals surface area (Å²) in [5.74, 6) is 1.93. The number of methoxy groups -OCH3 is 1. The quantitative estimate of drug-likeness (QED) is 0.628. The number of halogens is 1. The third-order valence-corrected chi connectivity index (χ3v) is 8.48. The van der Waals surface area contributed by atoms with Gasteiger partial charge >= 0.3 is 0 Å². The van der Waals surface area contributed by atoms with Gasteiger partial charge in [0.15, 0.2) is 5.43 Å². The molecule has 1 amide bonds. The first-order chi connectivity index (χ1) is 15.9. The average molecular weight is 469 g/mol. The van der Waals surface area contributed by atoms with Crippen molar-refractivity contribution in [1.29, 1.82) is 0 Å². The Labute approximate surface area is 200 Å². The number of benzene rings is 1. The Balaban J connectivity index is 1.45. The zero-order valence-corrected chi connectivity index (χ0v) is 20.3. The Morgan fingerprint density at radius 3 is 2.39 bits per heavy atom. The van der Waals surface area contributed by atoms with E-state index in [4.69, 9.17) is 16.3 Å². The highest BCUT2D eigenvalue weighted by Crippen LogP contribution is 2.55. The Kier molecular flexibility index (Phi) is 6.13. The molecular formula is C27H33ClN2O3. The van der Waals surface area contributed by atoms with Crippen molar-refractivity contribution in [3.05, 3.63) is 68.1 Å². The van der Waals surface area contributed by atoms with Crippen molar-refractivity contribution in [2.75, 3.05) is 7.11 Å². The predicted octanol–water partition coefficient (Wildman–Crippen LogP) is 4.90. The van der Waals surface area contributed by atoms with Crippen LogP contribution in [-0.4, -0.2) is 23.1 Å². The second-order valence-corrected chi connectivity index (χ2v) is 11.0. The van der Waals surface area contributed by atoms with E-state index in [2.05, 4.69) is 5.32 Å². The molecular weight excluding hydrogens is 436 g/mol. The second kappa shape index (κ2) is 8.92. The number of nitrogens with one attached hydrogen (secondary N) is 1. The van der Waals surface area contributed by atoms with Crippen LogP contribution in [0.5, 0.6) is 0 Å². The van der Waals surface area contributed by atoms with Crippen LogP contribution in [0.2, 0.25) is 5.02 Å². The third kappa shape index (κ3) is 4.38. The van der Waals surface area contributed by atoms with E-state index in [-0.39, 0.29) is 29.0 Å². The molecule has 0 spiro atoms. The molecule has 33 heavy (non-hydrogen) atoms. The van der Waals surface area contributed by atoms with Gasteiger partial charge < -0.3 is 14.6 Å². The number of amides is 1. The zero-order chi connectivity index (χ0) is 23.2. The van der Waals surface area contributed by atoms with Crippen LogP contribution < -0.4 is 10.7 Å². The van der Waals surface area contributed by atoms with Crippen LogP contribution in [0, 0.1) is 24.7 Å². The van der Waals surface area contributed by atoms with E-state index >= 15 is 0 Å². The molecule has 1 heterocycles. The normalized spacial score (nSPS) is 27.7. The molecule has 176 valence electrons. The summed E-state index contributed by atoms with van der Waals surface area (Å²) < 4.78 is 7.52. The molecule has 5 nitrogen and oxygen atoms in total. The van der Waals surface area contributed by atoms with Crippen molar-refractivity contribution in [3.8, 4) is 0 Å². The molecule has 0 unspecified atom stereocenters. The Hall–Kier alpha value is -2.11. The molecule has 0 atom stereocenters. The summed E-state index contributed by atoms with van der Waals surface area (Å²) in [6.07, 6.45) is 7.79. The molecule has 4 aliphatic rings. The van der Waals surface area contributed by atoms with Crippen LogP contribution in [-0.2, 0) is 24.3 Å². The lowest BCUT2D eigenvalue weighted by Gasteiger charge is -2.56. The summed E-state index contributed by atoms with van der Waals surface area (Å²) in [6.45, 7) is 2.74. The number of nitrogens with zero attached hydrogens (tertiary/aromatic N) is 1. The van der Waals surface area contributed by atoms with E-state index in [1.54, 1.807) is 13.2 Å². The summed E-state index contributed by atoms with van der Waals surface area (Å²) in [5, 5.41) is 4.11. The first kappa shape index (κ1) is 22.7. The first-order valence-corrected chi connectivity index (χ1v) is 12.5. The molecule has 0 aliphatic heterocycles. The van der Waals surface area contributed by atoms with Gasteiger partial charge in [-0.05, 0) is 81.3 Å². The molecule has 4 fully saturated rings. The van der Waals surface area contributed by atoms with Gasteiger partial charge in [0.25, 0.3) is 5.91 Å². The van der Waals surface area contributed by atoms with Gasteiger partial charge in [0, 0.05) is 36.0 Å². The van der Waals surface area contributed by atoms with Crippen LogP contribution in [0.25, 0.3) is 0 Å². The second-order valence-electron chi connectivity index (χ2n) is 10.5. The molecule has 0 saturated heterocycles. The number of aromatic nitrogens is 1. The maximum absolute atomic E-state index is 13.6. The molecule has 2 aromatic rings. The Bertz CT molecular complexity index is 1090. The smallest absolute Gasteiger partial charge is 0.257 e. The summed E-state index contributed by atoms with van der Waals surface area (Å²) in [5.41, 5.74) is 2.38. The molecule has 1 N–H and O–H groups in total. The van der Waals surface area contributed by atoms with Gasteiger partial charge in [-0.15, -0.1) is 0 Å². The van der Waals surface area contributed by atoms with Crippen molar-refractivity contribution in [2.45, 2.75) is 70.6 Å². The van der Waals surface area contributed by atoms with Gasteiger partial charge in [-0.3, -0.25) is 9.59 Å². The third-order valence-electron chi connectivity index (χ3n) is 8.11. The lowest BCUT2D eigenvalue weighted by molar-refractivity contribution is -0.0167. The van der Waals surface area contributed by atoms with Crippen LogP contribution in [0.3, 0.4) is 0 Å². The Morgan fingerprint density at radius 2 is 1.79 bits per heavy atom. The van der Waals surface area contributed by atoms with Crippen molar-refractivity contribution in [3.63, 3.8) is 0 Å². The molecule has 1 aromatic heterocycles. The van der Waals surface area contributed by atoms with Gasteiger partial charge in [-0.1, -0.05) is 29.8 Å². The predicted molar refractivity (Wildman–Crippen MR) is 130 cm³/mol. The van der Waals surface area contributed by atoms with E-state index in [9.17, 15) is 9.59 Å². The molecule has 4 aliphatic carbocycles. The number of ether oxygens (including phenoxy) is 1. The highest BCUT2D eigenvalue weighted by molar-refractivity contribution is 6.31. The van der Waals surface area contributed by atoms with Crippen LogP contribution in [0.1, 0.15) is 65.8 Å². The summed E-state index contributed by atoms with van der Waals surface area (Å²) in [7, 11) is 1.60. The molecule has 4 bridgehead atoms. The highest BCUT2D eigenvalue weighted by atomic mass is 35.5. The lowest BCUT2D eigenvalue weighted by atomic mass is 9.53. The minimum Gasteiger partial charge on any atom is -0.378 e. The van der Waals surface area contributed by atoms with Gasteiger partial charge in [-0.25, -0.2) is 0 Å². The van der Waals surface area contributed by atoms with E-state index < -0.39 is 0 Å². The van der Waals surface area contributed by atoms with Crippen molar-refractivity contribution in [2.24, 2.45) is 17.8 Å². The number of carbonyl (C=O) groups is 1. The van der Waals surface area contributed by atoms with E-state index in [0.717, 1.165) is 53.3 Å². The highest BCUT2D eigenvalue weighted by Gasteiger charge is 2.51. The fourth-order valence-electron chi connectivity index (χ4n) is 7.17. The number of carbonyl (C=O) groups excluding carboxylic acids is 1. The van der Waals surface area contributed by atoms with Gasteiger partial charge in [0.2, 0.25) is 0 Å². The van der Waals surface area contributed by atoms with Crippen molar-refractivity contribution >= 4 is 17.5 Å². The van der Waals surface area contributed by atoms with E-state index in [1.165, 1.54) is 19.3 Å². The molecule has 4 saturated carbocycles. The fourth-order valence-corrected chi connectivity index (χ4v) is 7.40. The summed E-state index contributed by atoms with van der Waals surface area (Å²) in [4.78, 5) is 26.7. The van der Waals surface area contributed by atoms with E-state index in [0.29, 0.717) is 18.7 Å². The van der Waals surface area contributed by atoms with Crippen molar-refractivity contribution < 1.29 is 9.53 Å². The number of aryl methyl sites for hydroxylation is 2. The largest absolute Gasteiger partial charge is 0.378 e. The molecule has 1 aromatic carbocycles. The fraction of sp³-hybridized carbons (Fsp3) is 0.556. The standard InChI is InChI=1S/C27H33ClN2O3/c1-17-9-24(31)25(23(16-33-2)30(17)8-7-21-5-3-4-6-22(21)28)26(32)29-27-13-18-10-19(14-27)12-20(11-18)15-27/h3-6,9,18-20H,7-8,10-16H2,1-2H3,(H,29,32). The lowest BCUT2D eigenvalue weighted by Crippen LogP contribution is -2.60. The maximum Gasteiger partial charge on any atom is 0.257 e. The summed E-state index contributed by atoms with van der Waals surface area (Å²) in [6, 6.07) is 9.37. The molecule has 0 radical (unpaired) electrons. The van der Waals surface area contributed by atoms with Crippen molar-refractivity contribution in [1.82, 2.24) is 9.88 Å². The molecule has 6 rings (SSSR count). The number of hydrogen-bond donors (Lipinski definition) is 1. The van der Waals surface area contributed by atoms with E-state index in [1.807, 2.05) is 35.8 Å². The molecule has 6 heteroatoms. The van der Waals surface area contributed by atoms with Crippen LogP contribution in [0.4, 0.5) is 0 Å². The monoisotopic (exact) mass is 468 g/mol.